The number of rotatable bonds is 7. The second kappa shape index (κ2) is 12.2. The summed E-state index contributed by atoms with van der Waals surface area (Å²) in [6, 6.07) is 3.60. The van der Waals surface area contributed by atoms with Crippen LogP contribution in [0, 0.1) is 6.92 Å². The molecule has 1 aromatic rings. The van der Waals surface area contributed by atoms with Crippen molar-refractivity contribution in [3.63, 3.8) is 0 Å². The Balaban J connectivity index is 0. The number of pyridine rings is 1. The summed E-state index contributed by atoms with van der Waals surface area (Å²) in [6.07, 6.45) is 1.59. The van der Waals surface area contributed by atoms with Crippen molar-refractivity contribution in [1.29, 1.82) is 0 Å². The summed E-state index contributed by atoms with van der Waals surface area (Å²) >= 11 is 0. The summed E-state index contributed by atoms with van der Waals surface area (Å²) < 4.78 is 4.89. The monoisotopic (exact) mass is 309 g/mol. The highest BCUT2D eigenvalue weighted by Crippen LogP contribution is 1.98. The van der Waals surface area contributed by atoms with Crippen molar-refractivity contribution < 1.29 is 9.53 Å². The number of nitrogens with one attached hydrogen (secondary N) is 2. The van der Waals surface area contributed by atoms with E-state index in [-0.39, 0.29) is 30.7 Å². The van der Waals surface area contributed by atoms with Gasteiger partial charge >= 0.3 is 0 Å². The number of hydrogen-bond acceptors (Lipinski definition) is 4. The summed E-state index contributed by atoms with van der Waals surface area (Å²) in [5.74, 6) is -0.0916. The molecular weight excluding hydrogens is 289 g/mol. The van der Waals surface area contributed by atoms with Crippen molar-refractivity contribution in [3.8, 4) is 0 Å². The van der Waals surface area contributed by atoms with Gasteiger partial charge < -0.3 is 15.4 Å². The quantitative estimate of drug-likeness (QED) is 0.743. The first-order valence-corrected chi connectivity index (χ1v) is 5.64. The summed E-state index contributed by atoms with van der Waals surface area (Å²) in [7, 11) is 1.66. The molecule has 0 saturated carbocycles. The van der Waals surface area contributed by atoms with E-state index >= 15 is 0 Å². The van der Waals surface area contributed by atoms with Crippen LogP contribution >= 0.6 is 24.8 Å². The molecule has 1 heterocycles. The van der Waals surface area contributed by atoms with Crippen LogP contribution in [-0.4, -0.2) is 44.2 Å². The SMILES string of the molecule is COCCNCCNC(=O)c1ccc(C)nc1.Cl.Cl. The Morgan fingerprint density at radius 3 is 2.58 bits per heavy atom. The topological polar surface area (TPSA) is 63.2 Å². The van der Waals surface area contributed by atoms with Crippen molar-refractivity contribution in [2.45, 2.75) is 6.92 Å². The van der Waals surface area contributed by atoms with E-state index in [1.54, 1.807) is 19.4 Å². The number of aryl methyl sites for hydroxylation is 1. The molecule has 0 unspecified atom stereocenters. The lowest BCUT2D eigenvalue weighted by Gasteiger charge is -2.06. The van der Waals surface area contributed by atoms with Gasteiger partial charge in [-0.2, -0.15) is 0 Å². The Bertz CT molecular complexity index is 347. The largest absolute Gasteiger partial charge is 0.383 e. The summed E-state index contributed by atoms with van der Waals surface area (Å²) in [6.45, 7) is 4.68. The average molecular weight is 310 g/mol. The molecule has 0 fully saturated rings. The third-order valence-corrected chi connectivity index (χ3v) is 2.24. The number of methoxy groups -OCH3 is 1. The molecule has 0 aliphatic heterocycles. The van der Waals surface area contributed by atoms with Crippen LogP contribution in [0.2, 0.25) is 0 Å². The van der Waals surface area contributed by atoms with Crippen LogP contribution in [0.4, 0.5) is 0 Å². The molecule has 110 valence electrons. The number of amides is 1. The van der Waals surface area contributed by atoms with Crippen LogP contribution in [0.25, 0.3) is 0 Å². The number of hydrogen-bond donors (Lipinski definition) is 2. The molecule has 7 heteroatoms. The smallest absolute Gasteiger partial charge is 0.252 e. The van der Waals surface area contributed by atoms with Gasteiger partial charge in [-0.1, -0.05) is 0 Å². The van der Waals surface area contributed by atoms with E-state index in [1.165, 1.54) is 0 Å². The van der Waals surface area contributed by atoms with Crippen LogP contribution in [0.1, 0.15) is 16.1 Å². The van der Waals surface area contributed by atoms with E-state index in [0.717, 1.165) is 18.8 Å². The van der Waals surface area contributed by atoms with Gasteiger partial charge in [0.1, 0.15) is 0 Å². The van der Waals surface area contributed by atoms with Gasteiger partial charge in [0.2, 0.25) is 0 Å². The van der Waals surface area contributed by atoms with Crippen LogP contribution < -0.4 is 10.6 Å². The molecule has 0 aliphatic rings. The van der Waals surface area contributed by atoms with Crippen molar-refractivity contribution in [2.75, 3.05) is 33.4 Å². The van der Waals surface area contributed by atoms with Gasteiger partial charge in [0, 0.05) is 38.6 Å². The van der Waals surface area contributed by atoms with E-state index in [4.69, 9.17) is 4.74 Å². The number of ether oxygens (including phenoxy) is 1. The fourth-order valence-corrected chi connectivity index (χ4v) is 1.27. The predicted molar refractivity (Wildman–Crippen MR) is 80.5 cm³/mol. The fourth-order valence-electron chi connectivity index (χ4n) is 1.27. The number of halogens is 2. The molecule has 0 aromatic carbocycles. The first kappa shape index (κ1) is 20.4. The van der Waals surface area contributed by atoms with Gasteiger partial charge in [-0.15, -0.1) is 24.8 Å². The van der Waals surface area contributed by atoms with Gasteiger partial charge in [0.15, 0.2) is 0 Å². The third kappa shape index (κ3) is 8.77. The molecule has 1 rings (SSSR count). The van der Waals surface area contributed by atoms with Crippen LogP contribution in [-0.2, 0) is 4.74 Å². The first-order chi connectivity index (χ1) is 8.24. The Morgan fingerprint density at radius 2 is 2.00 bits per heavy atom. The first-order valence-electron chi connectivity index (χ1n) is 5.64. The van der Waals surface area contributed by atoms with Gasteiger partial charge in [-0.25, -0.2) is 0 Å². The summed E-state index contributed by atoms with van der Waals surface area (Å²) in [4.78, 5) is 15.7. The van der Waals surface area contributed by atoms with Crippen molar-refractivity contribution >= 4 is 30.7 Å². The number of aromatic nitrogens is 1. The fraction of sp³-hybridized carbons (Fsp3) is 0.500. The minimum Gasteiger partial charge on any atom is -0.383 e. The van der Waals surface area contributed by atoms with Crippen LogP contribution in [0.5, 0.6) is 0 Å². The normalized spacial score (nSPS) is 9.16. The Hall–Kier alpha value is -0.880. The molecule has 0 radical (unpaired) electrons. The highest BCUT2D eigenvalue weighted by molar-refractivity contribution is 5.93. The van der Waals surface area contributed by atoms with Crippen molar-refractivity contribution in [2.24, 2.45) is 0 Å². The van der Waals surface area contributed by atoms with E-state index < -0.39 is 0 Å². The lowest BCUT2D eigenvalue weighted by molar-refractivity contribution is 0.0953. The lowest BCUT2D eigenvalue weighted by Crippen LogP contribution is -2.33. The minimum atomic E-state index is -0.0916. The Morgan fingerprint density at radius 1 is 1.26 bits per heavy atom. The zero-order chi connectivity index (χ0) is 12.5. The molecule has 0 spiro atoms. The lowest BCUT2D eigenvalue weighted by atomic mass is 10.2. The average Bonchev–Trinajstić information content (AvgIpc) is 2.34. The molecule has 19 heavy (non-hydrogen) atoms. The number of nitrogens with zero attached hydrogens (tertiary/aromatic N) is 1. The molecule has 5 nitrogen and oxygen atoms in total. The summed E-state index contributed by atoms with van der Waals surface area (Å²) in [5, 5.41) is 5.96. The molecule has 1 amide bonds. The standard InChI is InChI=1S/C12H19N3O2.2ClH/c1-10-3-4-11(9-15-10)12(16)14-6-5-13-7-8-17-2;;/h3-4,9,13H,5-8H2,1-2H3,(H,14,16);2*1H. The zero-order valence-electron chi connectivity index (χ0n) is 11.1. The van der Waals surface area contributed by atoms with E-state index in [9.17, 15) is 4.79 Å². The third-order valence-electron chi connectivity index (χ3n) is 2.24. The van der Waals surface area contributed by atoms with Gasteiger partial charge in [0.25, 0.3) is 5.91 Å². The molecule has 2 N–H and O–H groups in total. The molecule has 1 aromatic heterocycles. The number of carbonyl (C=O) groups excluding carboxylic acids is 1. The molecule has 0 atom stereocenters. The zero-order valence-corrected chi connectivity index (χ0v) is 12.8. The maximum Gasteiger partial charge on any atom is 0.252 e. The van der Waals surface area contributed by atoms with E-state index in [2.05, 4.69) is 15.6 Å². The second-order valence-corrected chi connectivity index (χ2v) is 3.69. The molecule has 0 aliphatic carbocycles. The number of carbonyl (C=O) groups is 1. The highest BCUT2D eigenvalue weighted by Gasteiger charge is 2.03. The van der Waals surface area contributed by atoms with Gasteiger partial charge in [-0.05, 0) is 19.1 Å². The van der Waals surface area contributed by atoms with Crippen molar-refractivity contribution in [3.05, 3.63) is 29.6 Å². The van der Waals surface area contributed by atoms with Gasteiger partial charge in [0.05, 0.1) is 12.2 Å². The predicted octanol–water partition coefficient (Wildman–Crippen LogP) is 1.20. The van der Waals surface area contributed by atoms with Crippen LogP contribution in [0.3, 0.4) is 0 Å². The molecule has 0 saturated heterocycles. The Labute approximate surface area is 126 Å². The molecule has 0 bridgehead atoms. The molecular formula is C12H21Cl2N3O2. The van der Waals surface area contributed by atoms with Crippen molar-refractivity contribution in [1.82, 2.24) is 15.6 Å². The second-order valence-electron chi connectivity index (χ2n) is 3.69. The minimum absolute atomic E-state index is 0. The maximum atomic E-state index is 11.6. The van der Waals surface area contributed by atoms with Crippen LogP contribution in [0.15, 0.2) is 18.3 Å². The van der Waals surface area contributed by atoms with Gasteiger partial charge in [-0.3, -0.25) is 9.78 Å². The maximum absolute atomic E-state index is 11.6. The Kier molecular flexibility index (Phi) is 13.1. The van der Waals surface area contributed by atoms with E-state index in [1.807, 2.05) is 13.0 Å². The summed E-state index contributed by atoms with van der Waals surface area (Å²) in [5.41, 5.74) is 1.50. The van der Waals surface area contributed by atoms with E-state index in [0.29, 0.717) is 18.7 Å². The highest BCUT2D eigenvalue weighted by atomic mass is 35.5.